The van der Waals surface area contributed by atoms with Gasteiger partial charge >= 0.3 is 5.97 Å². The van der Waals surface area contributed by atoms with Crippen LogP contribution in [0, 0.1) is 6.92 Å². The standard InChI is InChI=1S/C21H20N2O3S/c1-14-9-10-16(12-17(14)22)21(25)26-13-19(24)23-20(18-8-5-11-27-18)15-6-3-2-4-7-15/h2-12,20H,13,22H2,1H3,(H,23,24)/t20-/m0/s1. The number of ether oxygens (including phenoxy) is 1. The van der Waals surface area contributed by atoms with Crippen LogP contribution in [0.5, 0.6) is 0 Å². The van der Waals surface area contributed by atoms with Crippen molar-refractivity contribution in [2.24, 2.45) is 0 Å². The van der Waals surface area contributed by atoms with E-state index in [0.29, 0.717) is 11.3 Å². The van der Waals surface area contributed by atoms with E-state index < -0.39 is 5.97 Å². The van der Waals surface area contributed by atoms with Crippen molar-refractivity contribution < 1.29 is 14.3 Å². The molecule has 6 heteroatoms. The van der Waals surface area contributed by atoms with Crippen molar-refractivity contribution in [3.05, 3.63) is 87.6 Å². The SMILES string of the molecule is Cc1ccc(C(=O)OCC(=O)N[C@@H](c2ccccc2)c2cccs2)cc1N. The fraction of sp³-hybridized carbons (Fsp3) is 0.143. The lowest BCUT2D eigenvalue weighted by Gasteiger charge is -2.18. The topological polar surface area (TPSA) is 81.4 Å². The number of nitrogen functional groups attached to an aromatic ring is 1. The molecule has 0 unspecified atom stereocenters. The molecule has 0 fully saturated rings. The summed E-state index contributed by atoms with van der Waals surface area (Å²) in [6.07, 6.45) is 0. The molecule has 0 aliphatic carbocycles. The highest BCUT2D eigenvalue weighted by molar-refractivity contribution is 7.10. The van der Waals surface area contributed by atoms with Crippen LogP contribution in [0.15, 0.2) is 66.0 Å². The van der Waals surface area contributed by atoms with Gasteiger partial charge in [0.2, 0.25) is 0 Å². The molecule has 3 rings (SSSR count). The molecule has 1 atom stereocenters. The Hall–Kier alpha value is -3.12. The Labute approximate surface area is 161 Å². The van der Waals surface area contributed by atoms with Gasteiger partial charge < -0.3 is 15.8 Å². The summed E-state index contributed by atoms with van der Waals surface area (Å²) >= 11 is 1.56. The lowest BCUT2D eigenvalue weighted by atomic mass is 10.1. The maximum Gasteiger partial charge on any atom is 0.338 e. The van der Waals surface area contributed by atoms with Gasteiger partial charge in [-0.15, -0.1) is 11.3 Å². The number of amides is 1. The number of carbonyl (C=O) groups is 2. The van der Waals surface area contributed by atoms with Crippen LogP contribution in [0.1, 0.15) is 32.4 Å². The van der Waals surface area contributed by atoms with E-state index in [4.69, 9.17) is 10.5 Å². The minimum atomic E-state index is -0.579. The number of carbonyl (C=O) groups excluding carboxylic acids is 2. The number of thiophene rings is 1. The second-order valence-corrected chi connectivity index (χ2v) is 7.05. The molecule has 0 radical (unpaired) electrons. The van der Waals surface area contributed by atoms with Crippen LogP contribution in [0.3, 0.4) is 0 Å². The number of rotatable bonds is 6. The predicted octanol–water partition coefficient (Wildman–Crippen LogP) is 3.70. The zero-order chi connectivity index (χ0) is 19.2. The zero-order valence-corrected chi connectivity index (χ0v) is 15.7. The molecule has 1 amide bonds. The minimum absolute atomic E-state index is 0.285. The largest absolute Gasteiger partial charge is 0.452 e. The number of esters is 1. The molecule has 0 saturated carbocycles. The van der Waals surface area contributed by atoms with Crippen molar-refractivity contribution in [1.29, 1.82) is 0 Å². The van der Waals surface area contributed by atoms with E-state index in [1.54, 1.807) is 29.5 Å². The van der Waals surface area contributed by atoms with Crippen LogP contribution in [0.2, 0.25) is 0 Å². The summed E-state index contributed by atoms with van der Waals surface area (Å²) in [4.78, 5) is 25.5. The summed E-state index contributed by atoms with van der Waals surface area (Å²) in [5.41, 5.74) is 8.49. The van der Waals surface area contributed by atoms with Crippen molar-refractivity contribution in [2.45, 2.75) is 13.0 Å². The summed E-state index contributed by atoms with van der Waals surface area (Å²) in [6.45, 7) is 1.49. The minimum Gasteiger partial charge on any atom is -0.452 e. The van der Waals surface area contributed by atoms with Gasteiger partial charge in [-0.25, -0.2) is 4.79 Å². The number of hydrogen-bond donors (Lipinski definition) is 2. The van der Waals surface area contributed by atoms with Gasteiger partial charge in [-0.3, -0.25) is 4.79 Å². The molecule has 0 spiro atoms. The Morgan fingerprint density at radius 2 is 1.89 bits per heavy atom. The highest BCUT2D eigenvalue weighted by Crippen LogP contribution is 2.25. The average Bonchev–Trinajstić information content (AvgIpc) is 3.21. The van der Waals surface area contributed by atoms with Gasteiger partial charge in [0.25, 0.3) is 5.91 Å². The highest BCUT2D eigenvalue weighted by atomic mass is 32.1. The first-order valence-corrected chi connectivity index (χ1v) is 9.33. The monoisotopic (exact) mass is 380 g/mol. The van der Waals surface area contributed by atoms with Crippen LogP contribution < -0.4 is 11.1 Å². The van der Waals surface area contributed by atoms with E-state index in [0.717, 1.165) is 16.0 Å². The molecule has 5 nitrogen and oxygen atoms in total. The lowest BCUT2D eigenvalue weighted by Crippen LogP contribution is -2.32. The number of benzene rings is 2. The molecular formula is C21H20N2O3S. The van der Waals surface area contributed by atoms with E-state index >= 15 is 0 Å². The van der Waals surface area contributed by atoms with Gasteiger partial charge in [-0.05, 0) is 41.6 Å². The normalized spacial score (nSPS) is 11.6. The van der Waals surface area contributed by atoms with E-state index in [9.17, 15) is 9.59 Å². The van der Waals surface area contributed by atoms with E-state index in [2.05, 4.69) is 5.32 Å². The van der Waals surface area contributed by atoms with E-state index in [1.165, 1.54) is 0 Å². The smallest absolute Gasteiger partial charge is 0.338 e. The molecule has 0 aliphatic rings. The molecule has 3 aromatic rings. The van der Waals surface area contributed by atoms with E-state index in [1.807, 2.05) is 54.8 Å². The van der Waals surface area contributed by atoms with Gasteiger partial charge in [0.1, 0.15) is 0 Å². The average molecular weight is 380 g/mol. The van der Waals surface area contributed by atoms with E-state index in [-0.39, 0.29) is 18.6 Å². The Morgan fingerprint density at radius 1 is 1.11 bits per heavy atom. The molecule has 138 valence electrons. The first kappa shape index (κ1) is 18.7. The van der Waals surface area contributed by atoms with Crippen LogP contribution in [0.4, 0.5) is 5.69 Å². The van der Waals surface area contributed by atoms with Crippen LogP contribution in [-0.2, 0) is 9.53 Å². The Balaban J connectivity index is 1.64. The molecule has 3 N–H and O–H groups in total. The van der Waals surface area contributed by atoms with Gasteiger partial charge in [-0.2, -0.15) is 0 Å². The zero-order valence-electron chi connectivity index (χ0n) is 14.8. The number of nitrogens with two attached hydrogens (primary N) is 1. The summed E-state index contributed by atoms with van der Waals surface area (Å²) < 4.78 is 5.14. The predicted molar refractivity (Wildman–Crippen MR) is 107 cm³/mol. The lowest BCUT2D eigenvalue weighted by molar-refractivity contribution is -0.124. The summed E-state index contributed by atoms with van der Waals surface area (Å²) in [7, 11) is 0. The molecule has 0 saturated heterocycles. The number of hydrogen-bond acceptors (Lipinski definition) is 5. The van der Waals surface area contributed by atoms with Crippen LogP contribution in [0.25, 0.3) is 0 Å². The Morgan fingerprint density at radius 3 is 2.56 bits per heavy atom. The quantitative estimate of drug-likeness (QED) is 0.505. The maximum atomic E-state index is 12.4. The Bertz CT molecular complexity index is 924. The first-order valence-electron chi connectivity index (χ1n) is 8.45. The molecule has 27 heavy (non-hydrogen) atoms. The number of nitrogens with one attached hydrogen (secondary N) is 1. The first-order chi connectivity index (χ1) is 13.0. The van der Waals surface area contributed by atoms with Gasteiger partial charge in [0.15, 0.2) is 6.61 Å². The second-order valence-electron chi connectivity index (χ2n) is 6.07. The van der Waals surface area contributed by atoms with Crippen LogP contribution >= 0.6 is 11.3 Å². The van der Waals surface area contributed by atoms with Crippen molar-refractivity contribution in [1.82, 2.24) is 5.32 Å². The summed E-state index contributed by atoms with van der Waals surface area (Å²) in [5, 5.41) is 4.89. The molecule has 1 heterocycles. The fourth-order valence-electron chi connectivity index (χ4n) is 2.60. The number of aryl methyl sites for hydroxylation is 1. The summed E-state index contributed by atoms with van der Waals surface area (Å²) in [5.74, 6) is -0.949. The third-order valence-electron chi connectivity index (χ3n) is 4.12. The molecule has 2 aromatic carbocycles. The van der Waals surface area contributed by atoms with Crippen molar-refractivity contribution in [3.63, 3.8) is 0 Å². The third-order valence-corrected chi connectivity index (χ3v) is 5.05. The maximum absolute atomic E-state index is 12.4. The van der Waals surface area contributed by atoms with Crippen molar-refractivity contribution in [3.8, 4) is 0 Å². The van der Waals surface area contributed by atoms with Crippen molar-refractivity contribution >= 4 is 28.9 Å². The second kappa shape index (κ2) is 8.51. The van der Waals surface area contributed by atoms with Crippen molar-refractivity contribution in [2.75, 3.05) is 12.3 Å². The molecule has 0 bridgehead atoms. The fourth-order valence-corrected chi connectivity index (χ4v) is 3.41. The Kier molecular flexibility index (Phi) is 5.88. The highest BCUT2D eigenvalue weighted by Gasteiger charge is 2.19. The van der Waals surface area contributed by atoms with Gasteiger partial charge in [0, 0.05) is 10.6 Å². The molecule has 1 aromatic heterocycles. The molecular weight excluding hydrogens is 360 g/mol. The molecule has 0 aliphatic heterocycles. The van der Waals surface area contributed by atoms with Gasteiger partial charge in [0.05, 0.1) is 11.6 Å². The van der Waals surface area contributed by atoms with Crippen LogP contribution in [-0.4, -0.2) is 18.5 Å². The summed E-state index contributed by atoms with van der Waals surface area (Å²) in [6, 6.07) is 18.2. The number of anilines is 1. The third kappa shape index (κ3) is 4.74. The van der Waals surface area contributed by atoms with Gasteiger partial charge in [-0.1, -0.05) is 42.5 Å².